The van der Waals surface area contributed by atoms with Gasteiger partial charge in [-0.25, -0.2) is 0 Å². The zero-order valence-electron chi connectivity index (χ0n) is 13.6. The van der Waals surface area contributed by atoms with Crippen LogP contribution in [0.4, 0.5) is 8.78 Å². The van der Waals surface area contributed by atoms with Gasteiger partial charge in [0.25, 0.3) is 5.91 Å². The van der Waals surface area contributed by atoms with Crippen molar-refractivity contribution in [2.24, 2.45) is 0 Å². The predicted molar refractivity (Wildman–Crippen MR) is 83.7 cm³/mol. The van der Waals surface area contributed by atoms with Gasteiger partial charge in [-0.3, -0.25) is 9.59 Å². The fraction of sp³-hybridized carbons (Fsp3) is 0.294. The van der Waals surface area contributed by atoms with E-state index >= 15 is 0 Å². The number of benzene rings is 1. The molecule has 0 aliphatic rings. The van der Waals surface area contributed by atoms with E-state index < -0.39 is 31.0 Å². The normalized spacial score (nSPS) is 12.0. The molecule has 0 aliphatic heterocycles. The van der Waals surface area contributed by atoms with E-state index in [1.54, 1.807) is 26.0 Å². The number of rotatable bonds is 7. The Bertz CT molecular complexity index is 755. The Balaban J connectivity index is 2.10. The lowest BCUT2D eigenvalue weighted by Gasteiger charge is -2.15. The molecule has 1 aromatic carbocycles. The summed E-state index contributed by atoms with van der Waals surface area (Å²) < 4.78 is 33.7. The van der Waals surface area contributed by atoms with Crippen LogP contribution in [0.5, 0.6) is 5.75 Å². The van der Waals surface area contributed by atoms with E-state index in [2.05, 4.69) is 10.1 Å². The van der Waals surface area contributed by atoms with Gasteiger partial charge in [0.05, 0.1) is 17.9 Å². The molecule has 1 unspecified atom stereocenters. The number of aryl methyl sites for hydroxylation is 1. The number of halogens is 2. The summed E-state index contributed by atoms with van der Waals surface area (Å²) in [6.07, 6.45) is 0.930. The third kappa shape index (κ3) is 4.79. The summed E-state index contributed by atoms with van der Waals surface area (Å²) in [5.74, 6) is -1.48. The van der Waals surface area contributed by atoms with Gasteiger partial charge in [0.15, 0.2) is 0 Å². The molecule has 1 amide bonds. The molecule has 1 aromatic heterocycles. The minimum atomic E-state index is -2.90. The summed E-state index contributed by atoms with van der Waals surface area (Å²) >= 11 is 0. The first-order valence-electron chi connectivity index (χ1n) is 7.42. The predicted octanol–water partition coefficient (Wildman–Crippen LogP) is 3.31. The Labute approximate surface area is 142 Å². The molecule has 2 N–H and O–H groups in total. The van der Waals surface area contributed by atoms with Crippen LogP contribution in [0.25, 0.3) is 0 Å². The van der Waals surface area contributed by atoms with Crippen molar-refractivity contribution in [1.29, 1.82) is 0 Å². The van der Waals surface area contributed by atoms with Crippen LogP contribution in [0, 0.1) is 6.92 Å². The van der Waals surface area contributed by atoms with Crippen LogP contribution in [0.15, 0.2) is 34.9 Å². The first-order chi connectivity index (χ1) is 11.8. The molecule has 0 radical (unpaired) electrons. The molecule has 8 heteroatoms. The van der Waals surface area contributed by atoms with Crippen molar-refractivity contribution in [3.05, 3.63) is 53.0 Å². The van der Waals surface area contributed by atoms with Gasteiger partial charge >= 0.3 is 12.6 Å². The number of ether oxygens (including phenoxy) is 1. The Hall–Kier alpha value is -2.90. The summed E-state index contributed by atoms with van der Waals surface area (Å²) in [4.78, 5) is 23.3. The highest BCUT2D eigenvalue weighted by Crippen LogP contribution is 2.22. The zero-order chi connectivity index (χ0) is 18.6. The van der Waals surface area contributed by atoms with Crippen molar-refractivity contribution in [2.45, 2.75) is 32.9 Å². The van der Waals surface area contributed by atoms with Crippen LogP contribution in [0.2, 0.25) is 0 Å². The highest BCUT2D eigenvalue weighted by molar-refractivity contribution is 5.97. The third-order valence-corrected chi connectivity index (χ3v) is 3.54. The van der Waals surface area contributed by atoms with Gasteiger partial charge in [-0.05, 0) is 31.5 Å². The summed E-state index contributed by atoms with van der Waals surface area (Å²) in [7, 11) is 0. The van der Waals surface area contributed by atoms with Gasteiger partial charge in [-0.2, -0.15) is 8.78 Å². The number of alkyl halides is 2. The fourth-order valence-electron chi connectivity index (χ4n) is 2.36. The molecule has 0 bridgehead atoms. The number of hydrogen-bond acceptors (Lipinski definition) is 4. The summed E-state index contributed by atoms with van der Waals surface area (Å²) in [5.41, 5.74) is 1.39. The number of aliphatic carboxylic acids is 1. The first kappa shape index (κ1) is 18.4. The Morgan fingerprint density at radius 1 is 1.28 bits per heavy atom. The highest BCUT2D eigenvalue weighted by Gasteiger charge is 2.22. The largest absolute Gasteiger partial charge is 0.481 e. The lowest BCUT2D eigenvalue weighted by molar-refractivity contribution is -0.136. The van der Waals surface area contributed by atoms with Crippen LogP contribution in [0.3, 0.4) is 0 Å². The smallest absolute Gasteiger partial charge is 0.387 e. The van der Waals surface area contributed by atoms with Gasteiger partial charge in [-0.1, -0.05) is 12.1 Å². The molecule has 0 fully saturated rings. The van der Waals surface area contributed by atoms with Gasteiger partial charge in [-0.15, -0.1) is 0 Å². The maximum absolute atomic E-state index is 12.4. The molecular weight excluding hydrogens is 336 g/mol. The number of amides is 1. The second-order valence-corrected chi connectivity index (χ2v) is 5.43. The monoisotopic (exact) mass is 353 g/mol. The molecule has 0 saturated carbocycles. The molecule has 2 aromatic rings. The van der Waals surface area contributed by atoms with E-state index in [0.29, 0.717) is 11.1 Å². The number of nitrogens with one attached hydrogen (secondary N) is 1. The van der Waals surface area contributed by atoms with Crippen molar-refractivity contribution < 1.29 is 32.6 Å². The van der Waals surface area contributed by atoms with Crippen LogP contribution in [0.1, 0.15) is 40.2 Å². The van der Waals surface area contributed by atoms with Crippen molar-refractivity contribution in [3.8, 4) is 5.75 Å². The first-order valence-corrected chi connectivity index (χ1v) is 7.42. The third-order valence-electron chi connectivity index (χ3n) is 3.54. The summed E-state index contributed by atoms with van der Waals surface area (Å²) in [6, 6.07) is 5.44. The van der Waals surface area contributed by atoms with Crippen molar-refractivity contribution >= 4 is 11.9 Å². The van der Waals surface area contributed by atoms with E-state index in [-0.39, 0.29) is 17.1 Å². The van der Waals surface area contributed by atoms with Gasteiger partial charge in [0.2, 0.25) is 0 Å². The molecule has 6 nitrogen and oxygen atoms in total. The van der Waals surface area contributed by atoms with E-state index in [1.807, 2.05) is 0 Å². The van der Waals surface area contributed by atoms with Crippen LogP contribution < -0.4 is 10.1 Å². The Morgan fingerprint density at radius 3 is 2.48 bits per heavy atom. The quantitative estimate of drug-likeness (QED) is 0.797. The molecule has 0 aliphatic carbocycles. The Kier molecular flexibility index (Phi) is 5.74. The van der Waals surface area contributed by atoms with Crippen LogP contribution in [-0.4, -0.2) is 23.6 Å². The Morgan fingerprint density at radius 2 is 1.92 bits per heavy atom. The van der Waals surface area contributed by atoms with Crippen LogP contribution >= 0.6 is 0 Å². The number of carbonyl (C=O) groups is 2. The van der Waals surface area contributed by atoms with Crippen molar-refractivity contribution in [1.82, 2.24) is 5.32 Å². The average molecular weight is 353 g/mol. The molecule has 25 heavy (non-hydrogen) atoms. The molecule has 134 valence electrons. The second kappa shape index (κ2) is 7.78. The van der Waals surface area contributed by atoms with Gasteiger partial charge < -0.3 is 19.6 Å². The number of hydrogen-bond donors (Lipinski definition) is 2. The number of carboxylic acids is 1. The second-order valence-electron chi connectivity index (χ2n) is 5.43. The van der Waals surface area contributed by atoms with E-state index in [0.717, 1.165) is 0 Å². The topological polar surface area (TPSA) is 88.8 Å². The summed E-state index contributed by atoms with van der Waals surface area (Å²) in [5, 5.41) is 11.6. The van der Waals surface area contributed by atoms with Crippen molar-refractivity contribution in [3.63, 3.8) is 0 Å². The van der Waals surface area contributed by atoms with E-state index in [1.165, 1.54) is 18.4 Å². The molecule has 1 atom stereocenters. The maximum Gasteiger partial charge on any atom is 0.387 e. The number of furan rings is 1. The molecule has 0 spiro atoms. The SMILES string of the molecule is Cc1coc(CC(=O)O)c1C(=O)NC(C)c1ccc(OC(F)F)cc1. The van der Waals surface area contributed by atoms with Gasteiger partial charge in [0, 0.05) is 5.56 Å². The summed E-state index contributed by atoms with van der Waals surface area (Å²) in [6.45, 7) is 0.456. The lowest BCUT2D eigenvalue weighted by atomic mass is 10.1. The molecule has 2 rings (SSSR count). The van der Waals surface area contributed by atoms with Gasteiger partial charge in [0.1, 0.15) is 17.9 Å². The highest BCUT2D eigenvalue weighted by atomic mass is 19.3. The standard InChI is InChI=1S/C17H17F2NO5/c1-9-8-24-13(7-14(21)22)15(9)16(23)20-10(2)11-3-5-12(6-4-11)25-17(18)19/h3-6,8,10,17H,7H2,1-2H3,(H,20,23)(H,21,22). The minimum absolute atomic E-state index is 0.0201. The molecular formula is C17H17F2NO5. The molecule has 0 saturated heterocycles. The molecule has 1 heterocycles. The maximum atomic E-state index is 12.4. The van der Waals surface area contributed by atoms with E-state index in [4.69, 9.17) is 9.52 Å². The van der Waals surface area contributed by atoms with Crippen LogP contribution in [-0.2, 0) is 11.2 Å². The lowest BCUT2D eigenvalue weighted by Crippen LogP contribution is -2.28. The minimum Gasteiger partial charge on any atom is -0.481 e. The average Bonchev–Trinajstić information content (AvgIpc) is 2.87. The number of carboxylic acid groups (broad SMARTS) is 1. The fourth-order valence-corrected chi connectivity index (χ4v) is 2.36. The number of carbonyl (C=O) groups excluding carboxylic acids is 1. The van der Waals surface area contributed by atoms with Crippen molar-refractivity contribution in [2.75, 3.05) is 0 Å². The zero-order valence-corrected chi connectivity index (χ0v) is 13.6. The van der Waals surface area contributed by atoms with E-state index in [9.17, 15) is 18.4 Å².